The molecule has 0 radical (unpaired) electrons. The molecule has 0 N–H and O–H groups in total. The molecule has 0 bridgehead atoms. The molecule has 3 nitrogen and oxygen atoms in total. The first-order chi connectivity index (χ1) is 7.04. The second kappa shape index (κ2) is 5.01. The monoisotopic (exact) mass is 209 g/mol. The summed E-state index contributed by atoms with van der Waals surface area (Å²) >= 11 is 0. The molecule has 84 valence electrons. The van der Waals surface area contributed by atoms with E-state index >= 15 is 0 Å². The van der Waals surface area contributed by atoms with Crippen molar-refractivity contribution < 1.29 is 9.47 Å². The summed E-state index contributed by atoms with van der Waals surface area (Å²) in [6, 6.07) is 3.89. The summed E-state index contributed by atoms with van der Waals surface area (Å²) in [7, 11) is 1.61. The van der Waals surface area contributed by atoms with E-state index in [2.05, 4.69) is 18.8 Å². The number of methoxy groups -OCH3 is 1. The maximum Gasteiger partial charge on any atom is 0.256 e. The summed E-state index contributed by atoms with van der Waals surface area (Å²) in [4.78, 5) is 4.40. The minimum atomic E-state index is 0.130. The second-order valence-corrected chi connectivity index (χ2v) is 4.06. The van der Waals surface area contributed by atoms with Gasteiger partial charge in [0, 0.05) is 5.69 Å². The maximum atomic E-state index is 5.58. The predicted molar refractivity (Wildman–Crippen MR) is 60.6 cm³/mol. The molecule has 1 heterocycles. The summed E-state index contributed by atoms with van der Waals surface area (Å²) < 4.78 is 10.8. The van der Waals surface area contributed by atoms with Crippen LogP contribution in [0.3, 0.4) is 0 Å². The van der Waals surface area contributed by atoms with Crippen molar-refractivity contribution >= 4 is 0 Å². The van der Waals surface area contributed by atoms with E-state index in [4.69, 9.17) is 9.47 Å². The van der Waals surface area contributed by atoms with Crippen LogP contribution in [-0.2, 0) is 0 Å². The summed E-state index contributed by atoms with van der Waals surface area (Å²) in [6.45, 7) is 8.17. The van der Waals surface area contributed by atoms with Crippen molar-refractivity contribution in [1.29, 1.82) is 0 Å². The van der Waals surface area contributed by atoms with Gasteiger partial charge in [-0.1, -0.05) is 13.8 Å². The van der Waals surface area contributed by atoms with Gasteiger partial charge in [-0.2, -0.15) is 0 Å². The maximum absolute atomic E-state index is 5.58. The van der Waals surface area contributed by atoms with Gasteiger partial charge in [-0.25, -0.2) is 4.98 Å². The molecule has 0 aliphatic rings. The van der Waals surface area contributed by atoms with Crippen LogP contribution in [0.15, 0.2) is 12.1 Å². The fraction of sp³-hybridized carbons (Fsp3) is 0.583. The molecule has 3 heteroatoms. The topological polar surface area (TPSA) is 31.4 Å². The van der Waals surface area contributed by atoms with Gasteiger partial charge in [-0.3, -0.25) is 0 Å². The minimum absolute atomic E-state index is 0.130. The van der Waals surface area contributed by atoms with Crippen LogP contribution in [-0.4, -0.2) is 18.2 Å². The Kier molecular flexibility index (Phi) is 3.95. The van der Waals surface area contributed by atoms with Gasteiger partial charge in [0.25, 0.3) is 5.88 Å². The van der Waals surface area contributed by atoms with Crippen LogP contribution in [0.4, 0.5) is 0 Å². The minimum Gasteiger partial charge on any atom is -0.485 e. The Morgan fingerprint density at radius 1 is 1.13 bits per heavy atom. The van der Waals surface area contributed by atoms with Gasteiger partial charge < -0.3 is 9.47 Å². The van der Waals surface area contributed by atoms with E-state index in [9.17, 15) is 0 Å². The molecule has 0 aromatic carbocycles. The van der Waals surface area contributed by atoms with Gasteiger partial charge in [-0.15, -0.1) is 0 Å². The highest BCUT2D eigenvalue weighted by molar-refractivity contribution is 5.35. The van der Waals surface area contributed by atoms with E-state index < -0.39 is 0 Å². The molecule has 0 fully saturated rings. The molecule has 0 atom stereocenters. The smallest absolute Gasteiger partial charge is 0.256 e. The standard InChI is InChI=1S/C12H19NO2/c1-8(2)10-6-7-11(15-9(3)4)12(13-10)14-5/h6-9H,1-5H3. The molecule has 0 saturated heterocycles. The average molecular weight is 209 g/mol. The first-order valence-electron chi connectivity index (χ1n) is 5.26. The van der Waals surface area contributed by atoms with Gasteiger partial charge in [0.05, 0.1) is 13.2 Å². The molecule has 0 aliphatic carbocycles. The number of hydrogen-bond acceptors (Lipinski definition) is 3. The fourth-order valence-corrected chi connectivity index (χ4v) is 1.25. The number of hydrogen-bond donors (Lipinski definition) is 0. The van der Waals surface area contributed by atoms with Crippen molar-refractivity contribution in [3.05, 3.63) is 17.8 Å². The van der Waals surface area contributed by atoms with Gasteiger partial charge >= 0.3 is 0 Å². The van der Waals surface area contributed by atoms with E-state index in [1.807, 2.05) is 26.0 Å². The highest BCUT2D eigenvalue weighted by Crippen LogP contribution is 2.27. The van der Waals surface area contributed by atoms with Crippen molar-refractivity contribution in [2.24, 2.45) is 0 Å². The summed E-state index contributed by atoms with van der Waals surface area (Å²) in [6.07, 6.45) is 0.130. The third-order valence-corrected chi connectivity index (χ3v) is 1.99. The molecule has 0 unspecified atom stereocenters. The van der Waals surface area contributed by atoms with Crippen LogP contribution in [0.1, 0.15) is 39.3 Å². The lowest BCUT2D eigenvalue weighted by Gasteiger charge is -2.14. The lowest BCUT2D eigenvalue weighted by atomic mass is 10.1. The molecule has 0 saturated carbocycles. The highest BCUT2D eigenvalue weighted by atomic mass is 16.5. The zero-order chi connectivity index (χ0) is 11.4. The molecule has 0 spiro atoms. The lowest BCUT2D eigenvalue weighted by Crippen LogP contribution is -2.08. The Bertz CT molecular complexity index is 321. The molecular weight excluding hydrogens is 190 g/mol. The second-order valence-electron chi connectivity index (χ2n) is 4.06. The predicted octanol–water partition coefficient (Wildman–Crippen LogP) is 3.00. The van der Waals surface area contributed by atoms with Crippen molar-refractivity contribution in [2.75, 3.05) is 7.11 Å². The van der Waals surface area contributed by atoms with Crippen LogP contribution in [0.5, 0.6) is 11.6 Å². The van der Waals surface area contributed by atoms with Crippen molar-refractivity contribution in [1.82, 2.24) is 4.98 Å². The number of nitrogens with zero attached hydrogens (tertiary/aromatic N) is 1. The Morgan fingerprint density at radius 2 is 1.80 bits per heavy atom. The number of rotatable bonds is 4. The van der Waals surface area contributed by atoms with Crippen LogP contribution >= 0.6 is 0 Å². The van der Waals surface area contributed by atoms with E-state index in [-0.39, 0.29) is 6.10 Å². The Morgan fingerprint density at radius 3 is 2.27 bits per heavy atom. The third kappa shape index (κ3) is 3.11. The van der Waals surface area contributed by atoms with E-state index in [1.165, 1.54) is 0 Å². The van der Waals surface area contributed by atoms with Gasteiger partial charge in [-0.05, 0) is 31.9 Å². The van der Waals surface area contributed by atoms with Crippen LogP contribution < -0.4 is 9.47 Å². The molecular formula is C12H19NO2. The number of pyridine rings is 1. The Labute approximate surface area is 91.4 Å². The first-order valence-corrected chi connectivity index (χ1v) is 5.26. The zero-order valence-electron chi connectivity index (χ0n) is 10.1. The van der Waals surface area contributed by atoms with Gasteiger partial charge in [0.15, 0.2) is 5.75 Å². The lowest BCUT2D eigenvalue weighted by molar-refractivity contribution is 0.226. The Balaban J connectivity index is 2.98. The summed E-state index contributed by atoms with van der Waals surface area (Å²) in [5.74, 6) is 1.67. The first kappa shape index (κ1) is 11.8. The summed E-state index contributed by atoms with van der Waals surface area (Å²) in [5.41, 5.74) is 1.02. The number of aromatic nitrogens is 1. The molecule has 1 rings (SSSR count). The number of ether oxygens (including phenoxy) is 2. The van der Waals surface area contributed by atoms with Gasteiger partial charge in [0.2, 0.25) is 0 Å². The Hall–Kier alpha value is -1.25. The molecule has 1 aromatic heterocycles. The third-order valence-electron chi connectivity index (χ3n) is 1.99. The fourth-order valence-electron chi connectivity index (χ4n) is 1.25. The van der Waals surface area contributed by atoms with Crippen molar-refractivity contribution in [2.45, 2.75) is 39.7 Å². The van der Waals surface area contributed by atoms with Crippen molar-refractivity contribution in [3.8, 4) is 11.6 Å². The van der Waals surface area contributed by atoms with Crippen molar-refractivity contribution in [3.63, 3.8) is 0 Å². The van der Waals surface area contributed by atoms with Crippen LogP contribution in [0.25, 0.3) is 0 Å². The average Bonchev–Trinajstić information content (AvgIpc) is 2.17. The SMILES string of the molecule is COc1nc(C(C)C)ccc1OC(C)C. The quantitative estimate of drug-likeness (QED) is 0.764. The summed E-state index contributed by atoms with van der Waals surface area (Å²) in [5, 5.41) is 0. The highest BCUT2D eigenvalue weighted by Gasteiger charge is 2.10. The molecule has 0 aliphatic heterocycles. The van der Waals surface area contributed by atoms with Crippen LogP contribution in [0, 0.1) is 0 Å². The van der Waals surface area contributed by atoms with E-state index in [0.717, 1.165) is 5.69 Å². The molecule has 15 heavy (non-hydrogen) atoms. The van der Waals surface area contributed by atoms with Gasteiger partial charge in [0.1, 0.15) is 0 Å². The normalized spacial score (nSPS) is 10.9. The molecule has 1 aromatic rings. The van der Waals surface area contributed by atoms with Crippen LogP contribution in [0.2, 0.25) is 0 Å². The van der Waals surface area contributed by atoms with E-state index in [0.29, 0.717) is 17.5 Å². The van der Waals surface area contributed by atoms with E-state index in [1.54, 1.807) is 7.11 Å². The molecule has 0 amide bonds. The largest absolute Gasteiger partial charge is 0.485 e. The zero-order valence-corrected chi connectivity index (χ0v) is 10.1.